The number of piperazine rings is 1. The van der Waals surface area contributed by atoms with E-state index < -0.39 is 11.4 Å². The van der Waals surface area contributed by atoms with Gasteiger partial charge in [-0.05, 0) is 31.9 Å². The van der Waals surface area contributed by atoms with E-state index in [1.54, 1.807) is 4.90 Å². The first kappa shape index (κ1) is 21.0. The molecule has 2 fully saturated rings. The Bertz CT molecular complexity index is 1040. The summed E-state index contributed by atoms with van der Waals surface area (Å²) in [7, 11) is 0. The van der Waals surface area contributed by atoms with E-state index in [1.165, 1.54) is 24.3 Å². The third kappa shape index (κ3) is 3.27. The lowest BCUT2D eigenvalue weighted by atomic mass is 9.99. The maximum atomic E-state index is 14.7. The average Bonchev–Trinajstić information content (AvgIpc) is 3.12. The molecule has 5 rings (SSSR count). The first-order valence-corrected chi connectivity index (χ1v) is 11.0. The average molecular weight is 442 g/mol. The normalized spacial score (nSPS) is 25.2. The van der Waals surface area contributed by atoms with Crippen molar-refractivity contribution in [3.8, 4) is 22.8 Å². The number of fused-ring (bicyclic) bond motifs is 2. The number of anilines is 1. The number of aliphatic hydroxyl groups is 1. The summed E-state index contributed by atoms with van der Waals surface area (Å²) in [5.74, 6) is -0.353. The highest BCUT2D eigenvalue weighted by Gasteiger charge is 2.42. The van der Waals surface area contributed by atoms with Gasteiger partial charge in [0.05, 0.1) is 29.4 Å². The Balaban J connectivity index is 1.73. The van der Waals surface area contributed by atoms with Crippen molar-refractivity contribution in [1.29, 1.82) is 0 Å². The molecule has 0 saturated carbocycles. The van der Waals surface area contributed by atoms with E-state index in [2.05, 4.69) is 5.32 Å². The van der Waals surface area contributed by atoms with Crippen LogP contribution < -0.4 is 15.0 Å². The molecule has 170 valence electrons. The number of aromatic nitrogens is 1. The van der Waals surface area contributed by atoms with Crippen molar-refractivity contribution in [2.24, 2.45) is 0 Å². The molecule has 32 heavy (non-hydrogen) atoms. The summed E-state index contributed by atoms with van der Waals surface area (Å²) in [5, 5.41) is 23.8. The van der Waals surface area contributed by atoms with Crippen molar-refractivity contribution >= 4 is 11.7 Å². The van der Waals surface area contributed by atoms with Gasteiger partial charge >= 0.3 is 0 Å². The molecule has 2 aromatic rings. The van der Waals surface area contributed by atoms with Gasteiger partial charge in [0, 0.05) is 32.2 Å². The fourth-order valence-corrected chi connectivity index (χ4v) is 4.97. The number of nitrogens with one attached hydrogen (secondary N) is 1. The molecule has 1 aromatic carbocycles. The van der Waals surface area contributed by atoms with Gasteiger partial charge in [-0.25, -0.2) is 9.37 Å². The summed E-state index contributed by atoms with van der Waals surface area (Å²) in [6.07, 6.45) is 1.56. The van der Waals surface area contributed by atoms with Crippen LogP contribution in [0.15, 0.2) is 24.3 Å². The Morgan fingerprint density at radius 2 is 2.19 bits per heavy atom. The molecule has 0 radical (unpaired) electrons. The quantitative estimate of drug-likeness (QED) is 0.666. The van der Waals surface area contributed by atoms with E-state index in [9.17, 15) is 19.4 Å². The number of aromatic hydroxyl groups is 1. The van der Waals surface area contributed by atoms with Crippen LogP contribution in [0.4, 0.5) is 10.2 Å². The number of pyridine rings is 1. The van der Waals surface area contributed by atoms with Crippen LogP contribution in [-0.4, -0.2) is 77.0 Å². The minimum absolute atomic E-state index is 0.0406. The topological polar surface area (TPSA) is 98.2 Å². The predicted octanol–water partition coefficient (Wildman–Crippen LogP) is 1.75. The van der Waals surface area contributed by atoms with Crippen LogP contribution in [0.25, 0.3) is 11.3 Å². The lowest BCUT2D eigenvalue weighted by Crippen LogP contribution is -2.55. The van der Waals surface area contributed by atoms with Gasteiger partial charge < -0.3 is 30.1 Å². The number of amides is 1. The number of rotatable bonds is 3. The standard InChI is InChI=1S/C23H27FN4O4/c1-23(13-29)6-3-8-28(23)21-20-18(32-12-14-11-25-7-9-27(14)22(20)31)10-16(26-21)19-15(24)4-2-5-17(19)30/h2,4-5,10,14,25,29-30H,3,6-9,11-13H2,1H3/t14-,23?/m0/s1. The number of halogens is 1. The summed E-state index contributed by atoms with van der Waals surface area (Å²) in [6, 6.07) is 5.50. The number of carbonyl (C=O) groups is 1. The van der Waals surface area contributed by atoms with Crippen molar-refractivity contribution in [1.82, 2.24) is 15.2 Å². The molecule has 3 aliphatic heterocycles. The number of hydrogen-bond donors (Lipinski definition) is 3. The summed E-state index contributed by atoms with van der Waals surface area (Å²) in [6.45, 7) is 4.59. The van der Waals surface area contributed by atoms with Crippen molar-refractivity contribution in [3.05, 3.63) is 35.6 Å². The van der Waals surface area contributed by atoms with Crippen molar-refractivity contribution in [2.75, 3.05) is 44.3 Å². The van der Waals surface area contributed by atoms with E-state index >= 15 is 0 Å². The number of carbonyl (C=O) groups excluding carboxylic acids is 1. The van der Waals surface area contributed by atoms with Crippen LogP contribution in [0.2, 0.25) is 0 Å². The van der Waals surface area contributed by atoms with Crippen LogP contribution in [0, 0.1) is 5.82 Å². The number of benzene rings is 1. The van der Waals surface area contributed by atoms with Gasteiger partial charge in [-0.15, -0.1) is 0 Å². The van der Waals surface area contributed by atoms with Crippen molar-refractivity contribution in [2.45, 2.75) is 31.3 Å². The highest BCUT2D eigenvalue weighted by Crippen LogP contribution is 2.43. The fourth-order valence-electron chi connectivity index (χ4n) is 4.97. The number of aliphatic hydroxyl groups excluding tert-OH is 1. The lowest BCUT2D eigenvalue weighted by Gasteiger charge is -2.37. The summed E-state index contributed by atoms with van der Waals surface area (Å²) < 4.78 is 20.8. The Kier molecular flexibility index (Phi) is 5.17. The Morgan fingerprint density at radius 1 is 1.34 bits per heavy atom. The van der Waals surface area contributed by atoms with E-state index in [0.717, 1.165) is 12.8 Å². The number of phenols is 1. The highest BCUT2D eigenvalue weighted by atomic mass is 19.1. The maximum Gasteiger partial charge on any atom is 0.261 e. The number of phenolic OH excluding ortho intramolecular Hbond substituents is 1. The lowest BCUT2D eigenvalue weighted by molar-refractivity contribution is 0.0606. The zero-order chi connectivity index (χ0) is 22.5. The zero-order valence-electron chi connectivity index (χ0n) is 18.0. The maximum absolute atomic E-state index is 14.7. The molecule has 0 spiro atoms. The van der Waals surface area contributed by atoms with Crippen molar-refractivity contribution in [3.63, 3.8) is 0 Å². The molecule has 3 N–H and O–H groups in total. The first-order valence-electron chi connectivity index (χ1n) is 11.0. The highest BCUT2D eigenvalue weighted by molar-refractivity contribution is 6.03. The zero-order valence-corrected chi connectivity index (χ0v) is 18.0. The van der Waals surface area contributed by atoms with Gasteiger partial charge in [0.2, 0.25) is 0 Å². The molecule has 0 bridgehead atoms. The number of hydrogen-bond acceptors (Lipinski definition) is 7. The van der Waals surface area contributed by atoms with Gasteiger partial charge in [0.25, 0.3) is 5.91 Å². The van der Waals surface area contributed by atoms with E-state index in [4.69, 9.17) is 9.72 Å². The molecule has 1 amide bonds. The molecular formula is C23H27FN4O4. The second kappa shape index (κ2) is 7.90. The van der Waals surface area contributed by atoms with Gasteiger partial charge in [0.1, 0.15) is 35.3 Å². The molecular weight excluding hydrogens is 415 g/mol. The van der Waals surface area contributed by atoms with Crippen LogP contribution >= 0.6 is 0 Å². The summed E-state index contributed by atoms with van der Waals surface area (Å²) in [5.41, 5.74) is -0.129. The minimum atomic E-state index is -0.615. The van der Waals surface area contributed by atoms with E-state index in [1.807, 2.05) is 11.8 Å². The van der Waals surface area contributed by atoms with Crippen LogP contribution in [-0.2, 0) is 0 Å². The summed E-state index contributed by atoms with van der Waals surface area (Å²) >= 11 is 0. The van der Waals surface area contributed by atoms with Crippen molar-refractivity contribution < 1.29 is 24.1 Å². The minimum Gasteiger partial charge on any atom is -0.507 e. The largest absolute Gasteiger partial charge is 0.507 e. The fraction of sp³-hybridized carbons (Fsp3) is 0.478. The number of nitrogens with zero attached hydrogens (tertiary/aromatic N) is 3. The third-order valence-corrected chi connectivity index (χ3v) is 6.81. The molecule has 9 heteroatoms. The van der Waals surface area contributed by atoms with Crippen LogP contribution in [0.3, 0.4) is 0 Å². The third-order valence-electron chi connectivity index (χ3n) is 6.81. The molecule has 2 atom stereocenters. The van der Waals surface area contributed by atoms with Gasteiger partial charge in [-0.3, -0.25) is 4.79 Å². The predicted molar refractivity (Wildman–Crippen MR) is 117 cm³/mol. The van der Waals surface area contributed by atoms with E-state index in [0.29, 0.717) is 49.9 Å². The molecule has 2 saturated heterocycles. The first-order chi connectivity index (χ1) is 15.4. The van der Waals surface area contributed by atoms with Gasteiger partial charge in [-0.1, -0.05) is 6.07 Å². The molecule has 8 nitrogen and oxygen atoms in total. The molecule has 1 aromatic heterocycles. The molecule has 1 unspecified atom stereocenters. The Hall–Kier alpha value is -2.91. The van der Waals surface area contributed by atoms with Crippen LogP contribution in [0.1, 0.15) is 30.1 Å². The molecule has 4 heterocycles. The Morgan fingerprint density at radius 3 is 2.97 bits per heavy atom. The monoisotopic (exact) mass is 442 g/mol. The second-order valence-corrected chi connectivity index (χ2v) is 8.92. The second-order valence-electron chi connectivity index (χ2n) is 8.92. The van der Waals surface area contributed by atoms with Gasteiger partial charge in [-0.2, -0.15) is 0 Å². The summed E-state index contributed by atoms with van der Waals surface area (Å²) in [4.78, 5) is 22.1. The number of ether oxygens (including phenoxy) is 1. The molecule has 0 aliphatic carbocycles. The smallest absolute Gasteiger partial charge is 0.261 e. The van der Waals surface area contributed by atoms with Gasteiger partial charge in [0.15, 0.2) is 0 Å². The Labute approximate surface area is 185 Å². The van der Waals surface area contributed by atoms with E-state index in [-0.39, 0.29) is 35.6 Å². The SMILES string of the molecule is CC1(CO)CCCN1c1nc(-c2c(O)cccc2F)cc2c1C(=O)N1CCNC[C@H]1CO2. The van der Waals surface area contributed by atoms with Crippen LogP contribution in [0.5, 0.6) is 11.5 Å². The molecule has 3 aliphatic rings.